The molecule has 164 valence electrons. The lowest BCUT2D eigenvalue weighted by atomic mass is 10.1. The molecule has 2 amide bonds. The minimum atomic E-state index is -0.210. The van der Waals surface area contributed by atoms with Crippen LogP contribution in [0.25, 0.3) is 0 Å². The number of aromatic nitrogens is 1. The molecule has 0 aliphatic rings. The van der Waals surface area contributed by atoms with Crippen LogP contribution in [0.1, 0.15) is 45.0 Å². The fourth-order valence-electron chi connectivity index (χ4n) is 3.38. The molecular formula is C23H32Cl2N4O. The summed E-state index contributed by atoms with van der Waals surface area (Å²) < 4.78 is 0. The van der Waals surface area contributed by atoms with Gasteiger partial charge in [0, 0.05) is 11.7 Å². The summed E-state index contributed by atoms with van der Waals surface area (Å²) in [6.45, 7) is 11.9. The Balaban J connectivity index is 2.15. The van der Waals surface area contributed by atoms with Crippen molar-refractivity contribution in [3.63, 3.8) is 0 Å². The van der Waals surface area contributed by atoms with Gasteiger partial charge in [-0.05, 0) is 70.6 Å². The third-order valence-corrected chi connectivity index (χ3v) is 6.07. The number of hydrogen-bond acceptors (Lipinski definition) is 3. The number of carbonyl (C=O) groups excluding carboxylic acids is 1. The van der Waals surface area contributed by atoms with Crippen LogP contribution in [0.3, 0.4) is 0 Å². The van der Waals surface area contributed by atoms with Gasteiger partial charge in [0.15, 0.2) is 0 Å². The van der Waals surface area contributed by atoms with Crippen LogP contribution in [0.2, 0.25) is 10.0 Å². The van der Waals surface area contributed by atoms with Gasteiger partial charge in [-0.2, -0.15) is 0 Å². The first-order valence-electron chi connectivity index (χ1n) is 10.5. The van der Waals surface area contributed by atoms with Crippen molar-refractivity contribution in [3.8, 4) is 0 Å². The van der Waals surface area contributed by atoms with E-state index in [-0.39, 0.29) is 12.1 Å². The molecule has 0 aliphatic heterocycles. The van der Waals surface area contributed by atoms with Gasteiger partial charge in [-0.1, -0.05) is 49.2 Å². The first-order valence-corrected chi connectivity index (χ1v) is 11.3. The highest BCUT2D eigenvalue weighted by molar-refractivity contribution is 6.43. The van der Waals surface area contributed by atoms with Gasteiger partial charge in [0.05, 0.1) is 28.0 Å². The fourth-order valence-corrected chi connectivity index (χ4v) is 3.73. The Morgan fingerprint density at radius 1 is 1.13 bits per heavy atom. The second kappa shape index (κ2) is 12.1. The molecule has 0 bridgehead atoms. The SMILES string of the molecule is CCN(CC)CCCC(C)N(Cc1cccc(C)n1)C(=O)Nc1cccc(Cl)c1Cl. The maximum Gasteiger partial charge on any atom is 0.322 e. The highest BCUT2D eigenvalue weighted by Crippen LogP contribution is 2.30. The number of anilines is 1. The number of rotatable bonds is 10. The molecule has 30 heavy (non-hydrogen) atoms. The van der Waals surface area contributed by atoms with E-state index in [0.717, 1.165) is 43.9 Å². The zero-order chi connectivity index (χ0) is 22.1. The van der Waals surface area contributed by atoms with Crippen molar-refractivity contribution < 1.29 is 4.79 Å². The summed E-state index contributed by atoms with van der Waals surface area (Å²) in [6.07, 6.45) is 1.92. The van der Waals surface area contributed by atoms with E-state index >= 15 is 0 Å². The van der Waals surface area contributed by atoms with Crippen molar-refractivity contribution in [2.24, 2.45) is 0 Å². The normalized spacial score (nSPS) is 12.1. The maximum atomic E-state index is 13.2. The average molecular weight is 451 g/mol. The molecule has 1 unspecified atom stereocenters. The Bertz CT molecular complexity index is 827. The minimum absolute atomic E-state index is 0.0424. The Labute approximate surface area is 190 Å². The summed E-state index contributed by atoms with van der Waals surface area (Å²) in [7, 11) is 0. The molecule has 1 aromatic carbocycles. The number of pyridine rings is 1. The van der Waals surface area contributed by atoms with Crippen molar-refractivity contribution >= 4 is 34.9 Å². The molecule has 1 aromatic heterocycles. The van der Waals surface area contributed by atoms with E-state index in [4.69, 9.17) is 23.2 Å². The van der Waals surface area contributed by atoms with Crippen molar-refractivity contribution in [3.05, 3.63) is 57.8 Å². The predicted molar refractivity (Wildman–Crippen MR) is 126 cm³/mol. The number of urea groups is 1. The van der Waals surface area contributed by atoms with Crippen LogP contribution >= 0.6 is 23.2 Å². The molecule has 0 saturated heterocycles. The molecule has 1 atom stereocenters. The quantitative estimate of drug-likeness (QED) is 0.465. The van der Waals surface area contributed by atoms with Gasteiger partial charge in [0.2, 0.25) is 0 Å². The molecule has 0 fully saturated rings. The van der Waals surface area contributed by atoms with Crippen LogP contribution < -0.4 is 5.32 Å². The molecule has 2 aromatic rings. The van der Waals surface area contributed by atoms with E-state index in [0.29, 0.717) is 22.3 Å². The molecule has 2 rings (SSSR count). The molecule has 1 N–H and O–H groups in total. The second-order valence-electron chi connectivity index (χ2n) is 7.45. The zero-order valence-corrected chi connectivity index (χ0v) is 19.8. The minimum Gasteiger partial charge on any atom is -0.316 e. The molecular weight excluding hydrogens is 419 g/mol. The molecule has 1 heterocycles. The van der Waals surface area contributed by atoms with Gasteiger partial charge in [-0.15, -0.1) is 0 Å². The first-order chi connectivity index (χ1) is 14.3. The van der Waals surface area contributed by atoms with E-state index in [9.17, 15) is 4.79 Å². The molecule has 0 spiro atoms. The Hall–Kier alpha value is -1.82. The van der Waals surface area contributed by atoms with Crippen LogP contribution in [0.4, 0.5) is 10.5 Å². The molecule has 7 heteroatoms. The highest BCUT2D eigenvalue weighted by atomic mass is 35.5. The lowest BCUT2D eigenvalue weighted by molar-refractivity contribution is 0.180. The number of benzene rings is 1. The van der Waals surface area contributed by atoms with E-state index in [2.05, 4.69) is 36.0 Å². The predicted octanol–water partition coefficient (Wildman–Crippen LogP) is 6.24. The third kappa shape index (κ3) is 7.15. The maximum absolute atomic E-state index is 13.2. The lowest BCUT2D eigenvalue weighted by Crippen LogP contribution is -2.41. The second-order valence-corrected chi connectivity index (χ2v) is 8.23. The van der Waals surface area contributed by atoms with E-state index in [1.165, 1.54) is 0 Å². The largest absolute Gasteiger partial charge is 0.322 e. The number of aryl methyl sites for hydroxylation is 1. The number of halogens is 2. The number of carbonyl (C=O) groups is 1. The zero-order valence-electron chi connectivity index (χ0n) is 18.3. The van der Waals surface area contributed by atoms with Gasteiger partial charge in [0.25, 0.3) is 0 Å². The van der Waals surface area contributed by atoms with Crippen molar-refractivity contribution in [2.45, 2.75) is 53.1 Å². The van der Waals surface area contributed by atoms with Gasteiger partial charge >= 0.3 is 6.03 Å². The standard InChI is InChI=1S/C23H32Cl2N4O/c1-5-28(6-2)15-9-11-18(4)29(16-19-12-7-10-17(3)26-19)23(30)27-21-14-8-13-20(24)22(21)25/h7-8,10,12-14,18H,5-6,9,11,15-16H2,1-4H3,(H,27,30). The lowest BCUT2D eigenvalue weighted by Gasteiger charge is -2.30. The number of nitrogens with zero attached hydrogens (tertiary/aromatic N) is 3. The van der Waals surface area contributed by atoms with Gasteiger partial charge in [0.1, 0.15) is 0 Å². The van der Waals surface area contributed by atoms with Gasteiger partial charge in [-0.3, -0.25) is 4.98 Å². The Kier molecular flexibility index (Phi) is 9.89. The van der Waals surface area contributed by atoms with Crippen LogP contribution in [-0.4, -0.2) is 46.5 Å². The average Bonchev–Trinajstić information content (AvgIpc) is 2.72. The first kappa shape index (κ1) is 24.4. The summed E-state index contributed by atoms with van der Waals surface area (Å²) >= 11 is 12.4. The van der Waals surface area contributed by atoms with Crippen molar-refractivity contribution in [1.29, 1.82) is 0 Å². The molecule has 5 nitrogen and oxygen atoms in total. The summed E-state index contributed by atoms with van der Waals surface area (Å²) in [6, 6.07) is 10.9. The van der Waals surface area contributed by atoms with E-state index < -0.39 is 0 Å². The van der Waals surface area contributed by atoms with Crippen LogP contribution in [-0.2, 0) is 6.54 Å². The summed E-state index contributed by atoms with van der Waals surface area (Å²) in [5.74, 6) is 0. The van der Waals surface area contributed by atoms with Crippen LogP contribution in [0.15, 0.2) is 36.4 Å². The third-order valence-electron chi connectivity index (χ3n) is 5.26. The monoisotopic (exact) mass is 450 g/mol. The number of nitrogens with one attached hydrogen (secondary N) is 1. The van der Waals surface area contributed by atoms with Crippen molar-refractivity contribution in [2.75, 3.05) is 25.0 Å². The number of amides is 2. The summed E-state index contributed by atoms with van der Waals surface area (Å²) in [5.41, 5.74) is 2.30. The van der Waals surface area contributed by atoms with Crippen LogP contribution in [0, 0.1) is 6.92 Å². The van der Waals surface area contributed by atoms with Crippen molar-refractivity contribution in [1.82, 2.24) is 14.8 Å². The van der Waals surface area contributed by atoms with Gasteiger partial charge < -0.3 is 15.1 Å². The Morgan fingerprint density at radius 2 is 1.83 bits per heavy atom. The summed E-state index contributed by atoms with van der Waals surface area (Å²) in [4.78, 5) is 22.0. The van der Waals surface area contributed by atoms with E-state index in [1.54, 1.807) is 18.2 Å². The van der Waals surface area contributed by atoms with Crippen LogP contribution in [0.5, 0.6) is 0 Å². The smallest absolute Gasteiger partial charge is 0.316 e. The fraction of sp³-hybridized carbons (Fsp3) is 0.478. The van der Waals surface area contributed by atoms with E-state index in [1.807, 2.05) is 30.0 Å². The Morgan fingerprint density at radius 3 is 2.50 bits per heavy atom. The number of hydrogen-bond donors (Lipinski definition) is 1. The van der Waals surface area contributed by atoms with Gasteiger partial charge in [-0.25, -0.2) is 4.79 Å². The molecule has 0 saturated carbocycles. The molecule has 0 radical (unpaired) electrons. The summed E-state index contributed by atoms with van der Waals surface area (Å²) in [5, 5.41) is 3.67. The molecule has 0 aliphatic carbocycles. The topological polar surface area (TPSA) is 48.5 Å². The highest BCUT2D eigenvalue weighted by Gasteiger charge is 2.22.